The molecule has 1 saturated heterocycles. The maximum atomic E-state index is 11.5. The first-order chi connectivity index (χ1) is 10.2. The molecular formula is C16H23NO4. The van der Waals surface area contributed by atoms with Crippen LogP contribution >= 0.6 is 0 Å². The highest BCUT2D eigenvalue weighted by Gasteiger charge is 2.35. The van der Waals surface area contributed by atoms with Crippen LogP contribution in [0.25, 0.3) is 0 Å². The van der Waals surface area contributed by atoms with E-state index >= 15 is 0 Å². The lowest BCUT2D eigenvalue weighted by Gasteiger charge is -2.22. The van der Waals surface area contributed by atoms with Crippen molar-refractivity contribution >= 4 is 6.09 Å². The molecule has 1 heterocycles. The predicted octanol–water partition coefficient (Wildman–Crippen LogP) is 2.15. The second-order valence-corrected chi connectivity index (χ2v) is 5.26. The maximum absolute atomic E-state index is 11.5. The quantitative estimate of drug-likeness (QED) is 0.798. The predicted molar refractivity (Wildman–Crippen MR) is 79.2 cm³/mol. The van der Waals surface area contributed by atoms with E-state index in [4.69, 9.17) is 14.2 Å². The van der Waals surface area contributed by atoms with Crippen molar-refractivity contribution in [3.05, 3.63) is 35.9 Å². The van der Waals surface area contributed by atoms with Crippen molar-refractivity contribution in [1.29, 1.82) is 0 Å². The fraction of sp³-hybridized carbons (Fsp3) is 0.562. The third kappa shape index (κ3) is 4.72. The summed E-state index contributed by atoms with van der Waals surface area (Å²) in [5.74, 6) is 0. The van der Waals surface area contributed by atoms with Crippen molar-refractivity contribution in [2.24, 2.45) is 0 Å². The molecule has 3 atom stereocenters. The Morgan fingerprint density at radius 3 is 2.71 bits per heavy atom. The van der Waals surface area contributed by atoms with E-state index in [1.54, 1.807) is 14.2 Å². The average Bonchev–Trinajstić information content (AvgIpc) is 2.84. The lowest BCUT2D eigenvalue weighted by molar-refractivity contribution is 0.0243. The van der Waals surface area contributed by atoms with E-state index in [2.05, 4.69) is 17.4 Å². The third-order valence-corrected chi connectivity index (χ3v) is 3.78. The first-order valence-corrected chi connectivity index (χ1v) is 7.25. The molecular weight excluding hydrogens is 270 g/mol. The Morgan fingerprint density at radius 1 is 1.29 bits per heavy atom. The summed E-state index contributed by atoms with van der Waals surface area (Å²) in [6.45, 7) is 0.635. The van der Waals surface area contributed by atoms with Crippen LogP contribution in [0.1, 0.15) is 18.4 Å². The van der Waals surface area contributed by atoms with Crippen molar-refractivity contribution in [2.75, 3.05) is 20.8 Å². The second-order valence-electron chi connectivity index (χ2n) is 5.26. The van der Waals surface area contributed by atoms with Gasteiger partial charge in [-0.3, -0.25) is 0 Å². The molecule has 21 heavy (non-hydrogen) atoms. The molecule has 0 aliphatic carbocycles. The topological polar surface area (TPSA) is 56.8 Å². The zero-order chi connectivity index (χ0) is 15.1. The number of benzene rings is 1. The van der Waals surface area contributed by atoms with Crippen molar-refractivity contribution in [2.45, 2.75) is 37.5 Å². The first kappa shape index (κ1) is 15.8. The van der Waals surface area contributed by atoms with Gasteiger partial charge >= 0.3 is 6.09 Å². The summed E-state index contributed by atoms with van der Waals surface area (Å²) < 4.78 is 15.9. The zero-order valence-corrected chi connectivity index (χ0v) is 12.6. The number of amides is 1. The Morgan fingerprint density at radius 2 is 2.05 bits per heavy atom. The fourth-order valence-corrected chi connectivity index (χ4v) is 2.60. The number of hydrogen-bond acceptors (Lipinski definition) is 4. The monoisotopic (exact) mass is 293 g/mol. The summed E-state index contributed by atoms with van der Waals surface area (Å²) in [6.07, 6.45) is 1.75. The van der Waals surface area contributed by atoms with E-state index in [-0.39, 0.29) is 24.3 Å². The molecule has 0 bridgehead atoms. The number of cyclic esters (lactones) is 1. The van der Waals surface area contributed by atoms with Crippen LogP contribution in [-0.2, 0) is 20.6 Å². The van der Waals surface area contributed by atoms with Crippen molar-refractivity contribution in [3.8, 4) is 0 Å². The number of ether oxygens (including phenoxy) is 3. The molecule has 1 aromatic rings. The van der Waals surface area contributed by atoms with Gasteiger partial charge in [0.15, 0.2) is 0 Å². The van der Waals surface area contributed by atoms with Gasteiger partial charge in [-0.15, -0.1) is 0 Å². The molecule has 5 nitrogen and oxygen atoms in total. The molecule has 0 saturated carbocycles. The highest BCUT2D eigenvalue weighted by atomic mass is 16.6. The second kappa shape index (κ2) is 8.00. The summed E-state index contributed by atoms with van der Waals surface area (Å²) in [6, 6.07) is 10.1. The van der Waals surface area contributed by atoms with Crippen LogP contribution in [-0.4, -0.2) is 45.2 Å². The van der Waals surface area contributed by atoms with Gasteiger partial charge in [0, 0.05) is 27.2 Å². The van der Waals surface area contributed by atoms with Gasteiger partial charge in [-0.25, -0.2) is 4.79 Å². The van der Waals surface area contributed by atoms with E-state index < -0.39 is 0 Å². The molecule has 1 fully saturated rings. The number of methoxy groups -OCH3 is 2. The van der Waals surface area contributed by atoms with E-state index in [9.17, 15) is 4.79 Å². The maximum Gasteiger partial charge on any atom is 0.407 e. The summed E-state index contributed by atoms with van der Waals surface area (Å²) in [5, 5.41) is 2.89. The largest absolute Gasteiger partial charge is 0.444 e. The number of nitrogens with one attached hydrogen (secondary N) is 1. The van der Waals surface area contributed by atoms with Crippen LogP contribution in [0.2, 0.25) is 0 Å². The van der Waals surface area contributed by atoms with Gasteiger partial charge in [-0.05, 0) is 18.4 Å². The number of hydrogen-bond donors (Lipinski definition) is 1. The number of alkyl carbamates (subject to hydrolysis) is 1. The summed E-state index contributed by atoms with van der Waals surface area (Å²) in [5.41, 5.74) is 1.18. The van der Waals surface area contributed by atoms with Gasteiger partial charge in [-0.1, -0.05) is 30.3 Å². The highest BCUT2D eigenvalue weighted by Crippen LogP contribution is 2.20. The van der Waals surface area contributed by atoms with Crippen LogP contribution in [0, 0.1) is 0 Å². The minimum Gasteiger partial charge on any atom is -0.444 e. The molecule has 1 amide bonds. The molecule has 1 N–H and O–H groups in total. The Hall–Kier alpha value is -1.59. The van der Waals surface area contributed by atoms with Crippen LogP contribution in [0.15, 0.2) is 30.3 Å². The average molecular weight is 293 g/mol. The van der Waals surface area contributed by atoms with E-state index in [0.717, 1.165) is 12.8 Å². The Kier molecular flexibility index (Phi) is 6.02. The van der Waals surface area contributed by atoms with Gasteiger partial charge < -0.3 is 19.5 Å². The molecule has 1 unspecified atom stereocenters. The van der Waals surface area contributed by atoms with Crippen LogP contribution < -0.4 is 5.32 Å². The minimum atomic E-state index is -0.345. The SMILES string of the molecule is COCCC(C[C@@H]1OC(=O)N[C@H]1Cc1ccccc1)OC. The van der Waals surface area contributed by atoms with E-state index in [1.807, 2.05) is 18.2 Å². The van der Waals surface area contributed by atoms with Gasteiger partial charge in [0.2, 0.25) is 0 Å². The van der Waals surface area contributed by atoms with Gasteiger partial charge in [-0.2, -0.15) is 0 Å². The first-order valence-electron chi connectivity index (χ1n) is 7.25. The lowest BCUT2D eigenvalue weighted by Crippen LogP contribution is -2.36. The summed E-state index contributed by atoms with van der Waals surface area (Å²) in [4.78, 5) is 11.5. The van der Waals surface area contributed by atoms with Crippen LogP contribution in [0.5, 0.6) is 0 Å². The van der Waals surface area contributed by atoms with Gasteiger partial charge in [0.1, 0.15) is 6.10 Å². The Bertz CT molecular complexity index is 437. The normalized spacial score (nSPS) is 22.7. The lowest BCUT2D eigenvalue weighted by atomic mass is 9.97. The van der Waals surface area contributed by atoms with Gasteiger partial charge in [0.05, 0.1) is 12.1 Å². The highest BCUT2D eigenvalue weighted by molar-refractivity contribution is 5.70. The molecule has 1 aliphatic heterocycles. The molecule has 5 heteroatoms. The molecule has 2 rings (SSSR count). The van der Waals surface area contributed by atoms with Crippen LogP contribution in [0.4, 0.5) is 4.79 Å². The smallest absolute Gasteiger partial charge is 0.407 e. The molecule has 0 spiro atoms. The molecule has 1 aromatic carbocycles. The summed E-state index contributed by atoms with van der Waals surface area (Å²) >= 11 is 0. The van der Waals surface area contributed by atoms with E-state index in [0.29, 0.717) is 13.0 Å². The minimum absolute atomic E-state index is 0.0138. The van der Waals surface area contributed by atoms with E-state index in [1.165, 1.54) is 5.56 Å². The summed E-state index contributed by atoms with van der Waals surface area (Å²) in [7, 11) is 3.35. The number of carbonyl (C=O) groups excluding carboxylic acids is 1. The van der Waals surface area contributed by atoms with Crippen molar-refractivity contribution in [1.82, 2.24) is 5.32 Å². The molecule has 0 aromatic heterocycles. The Balaban J connectivity index is 1.94. The van der Waals surface area contributed by atoms with Crippen LogP contribution in [0.3, 0.4) is 0 Å². The molecule has 1 aliphatic rings. The molecule has 116 valence electrons. The Labute approximate surface area is 125 Å². The van der Waals surface area contributed by atoms with Crippen molar-refractivity contribution < 1.29 is 19.0 Å². The van der Waals surface area contributed by atoms with Gasteiger partial charge in [0.25, 0.3) is 0 Å². The number of carbonyl (C=O) groups is 1. The third-order valence-electron chi connectivity index (χ3n) is 3.78. The standard InChI is InChI=1S/C16H23NO4/c1-19-9-8-13(20-2)11-15-14(17-16(18)21-15)10-12-6-4-3-5-7-12/h3-7,13-15H,8-11H2,1-2H3,(H,17,18)/t13?,14-,15-/m0/s1. The van der Waals surface area contributed by atoms with Crippen molar-refractivity contribution in [3.63, 3.8) is 0 Å². The number of rotatable bonds is 8. The zero-order valence-electron chi connectivity index (χ0n) is 12.6. The fourth-order valence-electron chi connectivity index (χ4n) is 2.60. The molecule has 0 radical (unpaired) electrons.